The number of quaternary nitrogens is 2. The highest BCUT2D eigenvalue weighted by Gasteiger charge is 2.15. The minimum atomic E-state index is 0.759. The van der Waals surface area contributed by atoms with Crippen molar-refractivity contribution in [1.82, 2.24) is 0 Å². The van der Waals surface area contributed by atoms with Gasteiger partial charge in [0.05, 0.1) is 7.11 Å². The molecule has 0 amide bonds. The molecule has 1 fully saturated rings. The van der Waals surface area contributed by atoms with Crippen LogP contribution in [0.4, 0.5) is 0 Å². The Kier molecular flexibility index (Phi) is 4.84. The second kappa shape index (κ2) is 6.61. The quantitative estimate of drug-likeness (QED) is 0.694. The molecular weight excluding hydrogens is 228 g/mol. The topological polar surface area (TPSA) is 39.5 Å². The van der Waals surface area contributed by atoms with Crippen molar-refractivity contribution in [1.29, 1.82) is 0 Å². The molecule has 0 atom stereocenters. The fourth-order valence-corrected chi connectivity index (χ4v) is 2.33. The number of ether oxygens (including phenoxy) is 2. The van der Waals surface area contributed by atoms with E-state index in [4.69, 9.17) is 9.47 Å². The molecular formula is C14H24N2O2+2. The molecule has 4 heteroatoms. The minimum Gasteiger partial charge on any atom is -0.493 e. The van der Waals surface area contributed by atoms with Crippen molar-refractivity contribution in [3.63, 3.8) is 0 Å². The van der Waals surface area contributed by atoms with Crippen LogP contribution >= 0.6 is 0 Å². The molecule has 1 saturated heterocycles. The lowest BCUT2D eigenvalue weighted by atomic mass is 10.2. The summed E-state index contributed by atoms with van der Waals surface area (Å²) in [7, 11) is 1.69. The largest absolute Gasteiger partial charge is 0.493 e. The first-order valence-electron chi connectivity index (χ1n) is 6.72. The van der Waals surface area contributed by atoms with E-state index in [-0.39, 0.29) is 0 Å². The molecule has 0 saturated carbocycles. The molecule has 0 aliphatic carbocycles. The van der Waals surface area contributed by atoms with Crippen LogP contribution in [0.5, 0.6) is 11.5 Å². The van der Waals surface area contributed by atoms with E-state index in [0.717, 1.165) is 24.7 Å². The maximum absolute atomic E-state index is 5.83. The average Bonchev–Trinajstić information content (AvgIpc) is 2.41. The fourth-order valence-electron chi connectivity index (χ4n) is 2.33. The molecule has 1 aromatic rings. The summed E-state index contributed by atoms with van der Waals surface area (Å²) in [5.41, 5.74) is 1.19. The monoisotopic (exact) mass is 252 g/mol. The second-order valence-electron chi connectivity index (χ2n) is 4.87. The number of piperazine rings is 1. The number of benzene rings is 1. The van der Waals surface area contributed by atoms with E-state index >= 15 is 0 Å². The Balaban J connectivity index is 1.82. The van der Waals surface area contributed by atoms with Gasteiger partial charge in [-0.05, 0) is 24.6 Å². The number of hydrogen-bond acceptors (Lipinski definition) is 2. The van der Waals surface area contributed by atoms with Crippen LogP contribution in [-0.4, -0.2) is 46.4 Å². The summed E-state index contributed by atoms with van der Waals surface area (Å²) in [6.45, 7) is 8.86. The van der Waals surface area contributed by atoms with Crippen molar-refractivity contribution < 1.29 is 19.7 Å². The van der Waals surface area contributed by atoms with Gasteiger partial charge in [-0.3, -0.25) is 0 Å². The lowest BCUT2D eigenvalue weighted by Crippen LogP contribution is -3.20. The Morgan fingerprint density at radius 2 is 2.00 bits per heavy atom. The minimum absolute atomic E-state index is 0.759. The molecule has 1 heterocycles. The number of nitrogens with one attached hydrogen (secondary N) is 1. The van der Waals surface area contributed by atoms with E-state index in [9.17, 15) is 0 Å². The van der Waals surface area contributed by atoms with E-state index in [2.05, 4.69) is 18.3 Å². The van der Waals surface area contributed by atoms with E-state index in [1.807, 2.05) is 12.1 Å². The molecule has 1 aromatic carbocycles. The summed E-state index contributed by atoms with van der Waals surface area (Å²) < 4.78 is 11.2. The Labute approximate surface area is 109 Å². The number of hydrogen-bond donors (Lipinski definition) is 2. The Hall–Kier alpha value is -1.26. The van der Waals surface area contributed by atoms with Gasteiger partial charge in [-0.1, -0.05) is 6.07 Å². The molecule has 4 nitrogen and oxygen atoms in total. The van der Waals surface area contributed by atoms with Crippen LogP contribution in [0.2, 0.25) is 0 Å². The van der Waals surface area contributed by atoms with Gasteiger partial charge in [0, 0.05) is 0 Å². The number of methoxy groups -OCH3 is 1. The summed E-state index contributed by atoms with van der Waals surface area (Å²) in [6, 6.07) is 6.06. The molecule has 0 radical (unpaired) electrons. The van der Waals surface area contributed by atoms with Crippen LogP contribution in [-0.2, 0) is 0 Å². The van der Waals surface area contributed by atoms with Gasteiger partial charge < -0.3 is 19.7 Å². The lowest BCUT2D eigenvalue weighted by molar-refractivity contribution is -0.946. The predicted molar refractivity (Wildman–Crippen MR) is 70.4 cm³/mol. The zero-order chi connectivity index (χ0) is 12.8. The van der Waals surface area contributed by atoms with Crippen LogP contribution in [0.3, 0.4) is 0 Å². The number of aryl methyl sites for hydroxylation is 1. The molecule has 0 spiro atoms. The van der Waals surface area contributed by atoms with Crippen molar-refractivity contribution in [2.45, 2.75) is 6.92 Å². The number of rotatable bonds is 5. The number of nitrogens with two attached hydrogens (primary N) is 1. The van der Waals surface area contributed by atoms with Crippen LogP contribution in [0.1, 0.15) is 5.56 Å². The van der Waals surface area contributed by atoms with E-state index in [0.29, 0.717) is 0 Å². The maximum atomic E-state index is 5.83. The first-order valence-corrected chi connectivity index (χ1v) is 6.72. The zero-order valence-corrected chi connectivity index (χ0v) is 11.4. The van der Waals surface area contributed by atoms with E-state index in [1.165, 1.54) is 31.7 Å². The summed E-state index contributed by atoms with van der Waals surface area (Å²) >= 11 is 0. The molecule has 1 aliphatic heterocycles. The normalized spacial score (nSPS) is 16.6. The van der Waals surface area contributed by atoms with Gasteiger partial charge in [0.25, 0.3) is 0 Å². The predicted octanol–water partition coefficient (Wildman–Crippen LogP) is -1.16. The van der Waals surface area contributed by atoms with Gasteiger partial charge in [-0.2, -0.15) is 0 Å². The molecule has 0 bridgehead atoms. The van der Waals surface area contributed by atoms with Crippen molar-refractivity contribution in [3.05, 3.63) is 23.8 Å². The first kappa shape index (κ1) is 13.2. The highest BCUT2D eigenvalue weighted by molar-refractivity contribution is 5.42. The summed E-state index contributed by atoms with van der Waals surface area (Å²) in [6.07, 6.45) is 0. The molecule has 2 rings (SSSR count). The van der Waals surface area contributed by atoms with Crippen LogP contribution in [0.15, 0.2) is 18.2 Å². The van der Waals surface area contributed by atoms with Gasteiger partial charge in [0.15, 0.2) is 11.5 Å². The maximum Gasteiger partial charge on any atom is 0.161 e. The third-order valence-electron chi connectivity index (χ3n) is 3.44. The third kappa shape index (κ3) is 3.62. The van der Waals surface area contributed by atoms with E-state index < -0.39 is 0 Å². The van der Waals surface area contributed by atoms with Crippen LogP contribution in [0, 0.1) is 6.92 Å². The summed E-state index contributed by atoms with van der Waals surface area (Å²) in [4.78, 5) is 1.64. The van der Waals surface area contributed by atoms with Crippen LogP contribution in [0.25, 0.3) is 0 Å². The average molecular weight is 252 g/mol. The second-order valence-corrected chi connectivity index (χ2v) is 4.87. The smallest absolute Gasteiger partial charge is 0.161 e. The molecule has 18 heavy (non-hydrogen) atoms. The highest BCUT2D eigenvalue weighted by atomic mass is 16.5. The molecule has 1 aliphatic rings. The zero-order valence-electron chi connectivity index (χ0n) is 11.4. The Morgan fingerprint density at radius 1 is 1.22 bits per heavy atom. The summed E-state index contributed by atoms with van der Waals surface area (Å²) in [5, 5.41) is 2.38. The Bertz CT molecular complexity index is 376. The Morgan fingerprint density at radius 3 is 2.72 bits per heavy atom. The van der Waals surface area contributed by atoms with Gasteiger partial charge in [-0.25, -0.2) is 0 Å². The standard InChI is InChI=1S/C14H22N2O2/c1-12-3-4-13(14(11-12)17-2)18-10-9-16-7-5-15-6-8-16/h3-4,11,15H,5-10H2,1-2H3/p+2. The lowest BCUT2D eigenvalue weighted by Gasteiger charge is -2.22. The highest BCUT2D eigenvalue weighted by Crippen LogP contribution is 2.27. The van der Waals surface area contributed by atoms with Gasteiger partial charge in [0.2, 0.25) is 0 Å². The SMILES string of the molecule is COc1cc(C)ccc1OCC[NH+]1CC[NH2+]CC1. The van der Waals surface area contributed by atoms with Gasteiger partial charge in [-0.15, -0.1) is 0 Å². The molecule has 0 unspecified atom stereocenters. The van der Waals surface area contributed by atoms with Gasteiger partial charge in [0.1, 0.15) is 39.3 Å². The molecule has 3 N–H and O–H groups in total. The molecule has 0 aromatic heterocycles. The third-order valence-corrected chi connectivity index (χ3v) is 3.44. The summed E-state index contributed by atoms with van der Waals surface area (Å²) in [5.74, 6) is 1.68. The van der Waals surface area contributed by atoms with Crippen molar-refractivity contribution in [3.8, 4) is 11.5 Å². The van der Waals surface area contributed by atoms with Gasteiger partial charge >= 0.3 is 0 Å². The fraction of sp³-hybridized carbons (Fsp3) is 0.571. The van der Waals surface area contributed by atoms with E-state index in [1.54, 1.807) is 12.0 Å². The first-order chi connectivity index (χ1) is 8.79. The van der Waals surface area contributed by atoms with Crippen molar-refractivity contribution >= 4 is 0 Å². The van der Waals surface area contributed by atoms with Crippen molar-refractivity contribution in [2.75, 3.05) is 46.4 Å². The van der Waals surface area contributed by atoms with Crippen LogP contribution < -0.4 is 19.7 Å². The van der Waals surface area contributed by atoms with Crippen molar-refractivity contribution in [2.24, 2.45) is 0 Å². The molecule has 100 valence electrons.